The lowest BCUT2D eigenvalue weighted by molar-refractivity contribution is 0.0406. The third-order valence-electron chi connectivity index (χ3n) is 4.75. The minimum atomic E-state index is -2.92. The highest BCUT2D eigenvalue weighted by Gasteiger charge is 2.36. The Morgan fingerprint density at radius 3 is 2.42 bits per heavy atom. The fourth-order valence-electron chi connectivity index (χ4n) is 3.63. The first-order valence-corrected chi connectivity index (χ1v) is 9.20. The molecular weight excluding hydrogens is 264 g/mol. The first-order chi connectivity index (χ1) is 9.02. The summed E-state index contributed by atoms with van der Waals surface area (Å²) in [6.45, 7) is 1.59. The molecule has 1 saturated carbocycles. The fourth-order valence-corrected chi connectivity index (χ4v) is 4.82. The molecule has 2 fully saturated rings. The Morgan fingerprint density at radius 1 is 1.16 bits per heavy atom. The van der Waals surface area contributed by atoms with Gasteiger partial charge in [0, 0.05) is 25.5 Å². The number of hydrogen-bond donors (Lipinski definition) is 2. The van der Waals surface area contributed by atoms with Gasteiger partial charge in [-0.1, -0.05) is 6.42 Å². The Morgan fingerprint density at radius 2 is 1.84 bits per heavy atom. The van der Waals surface area contributed by atoms with Crippen molar-refractivity contribution in [1.29, 1.82) is 0 Å². The SMILES string of the molecule is CS(=O)(=O)C1CCCC(C(NN)C2CCOCC2)C1. The monoisotopic (exact) mass is 290 g/mol. The average molecular weight is 290 g/mol. The fraction of sp³-hybridized carbons (Fsp3) is 1.00. The third kappa shape index (κ3) is 3.90. The van der Waals surface area contributed by atoms with Crippen molar-refractivity contribution in [2.45, 2.75) is 49.8 Å². The van der Waals surface area contributed by atoms with Gasteiger partial charge >= 0.3 is 0 Å². The van der Waals surface area contributed by atoms with E-state index in [4.69, 9.17) is 10.6 Å². The van der Waals surface area contributed by atoms with Crippen LogP contribution >= 0.6 is 0 Å². The van der Waals surface area contributed by atoms with Gasteiger partial charge in [0.2, 0.25) is 0 Å². The Labute approximate surface area is 116 Å². The number of nitrogens with one attached hydrogen (secondary N) is 1. The van der Waals surface area contributed by atoms with E-state index in [0.29, 0.717) is 11.8 Å². The van der Waals surface area contributed by atoms with Crippen LogP contribution in [0.1, 0.15) is 38.5 Å². The summed E-state index contributed by atoms with van der Waals surface area (Å²) < 4.78 is 28.9. The predicted octanol–water partition coefficient (Wildman–Crippen LogP) is 0.848. The van der Waals surface area contributed by atoms with Crippen molar-refractivity contribution in [3.05, 3.63) is 0 Å². The minimum absolute atomic E-state index is 0.179. The predicted molar refractivity (Wildman–Crippen MR) is 75.2 cm³/mol. The molecule has 0 amide bonds. The zero-order valence-corrected chi connectivity index (χ0v) is 12.5. The van der Waals surface area contributed by atoms with Gasteiger partial charge in [0.25, 0.3) is 0 Å². The van der Waals surface area contributed by atoms with E-state index in [1.165, 1.54) is 6.26 Å². The maximum Gasteiger partial charge on any atom is 0.150 e. The molecule has 5 nitrogen and oxygen atoms in total. The van der Waals surface area contributed by atoms with Gasteiger partial charge in [-0.3, -0.25) is 11.3 Å². The number of rotatable bonds is 4. The molecular formula is C13H26N2O3S. The summed E-state index contributed by atoms with van der Waals surface area (Å²) in [6, 6.07) is 0.230. The largest absolute Gasteiger partial charge is 0.381 e. The van der Waals surface area contributed by atoms with Crippen molar-refractivity contribution in [3.8, 4) is 0 Å². The van der Waals surface area contributed by atoms with E-state index in [2.05, 4.69) is 5.43 Å². The first-order valence-electron chi connectivity index (χ1n) is 7.25. The van der Waals surface area contributed by atoms with E-state index in [-0.39, 0.29) is 11.3 Å². The van der Waals surface area contributed by atoms with Crippen LogP contribution in [0.5, 0.6) is 0 Å². The summed E-state index contributed by atoms with van der Waals surface area (Å²) in [7, 11) is -2.92. The summed E-state index contributed by atoms with van der Waals surface area (Å²) in [4.78, 5) is 0. The molecule has 112 valence electrons. The van der Waals surface area contributed by atoms with Crippen LogP contribution < -0.4 is 11.3 Å². The van der Waals surface area contributed by atoms with Crippen LogP contribution in [-0.4, -0.2) is 39.2 Å². The number of sulfone groups is 1. The van der Waals surface area contributed by atoms with Gasteiger partial charge in [0.05, 0.1) is 5.25 Å². The van der Waals surface area contributed by atoms with Gasteiger partial charge in [-0.25, -0.2) is 8.42 Å². The number of hydrazine groups is 1. The molecule has 0 aromatic rings. The summed E-state index contributed by atoms with van der Waals surface area (Å²) in [5.74, 6) is 6.64. The van der Waals surface area contributed by atoms with Gasteiger partial charge in [0.1, 0.15) is 9.84 Å². The molecule has 1 aliphatic carbocycles. The van der Waals surface area contributed by atoms with E-state index < -0.39 is 9.84 Å². The molecule has 1 saturated heterocycles. The Hall–Kier alpha value is -0.170. The molecule has 0 aromatic heterocycles. The van der Waals surface area contributed by atoms with E-state index in [1.807, 2.05) is 0 Å². The van der Waals surface area contributed by atoms with Gasteiger partial charge in [0.15, 0.2) is 0 Å². The van der Waals surface area contributed by atoms with E-state index >= 15 is 0 Å². The lowest BCUT2D eigenvalue weighted by Crippen LogP contribution is -2.49. The quantitative estimate of drug-likeness (QED) is 0.592. The highest BCUT2D eigenvalue weighted by atomic mass is 32.2. The number of ether oxygens (including phenoxy) is 1. The van der Waals surface area contributed by atoms with E-state index in [0.717, 1.165) is 51.7 Å². The van der Waals surface area contributed by atoms with Gasteiger partial charge in [-0.05, 0) is 43.9 Å². The summed E-state index contributed by atoms with van der Waals surface area (Å²) in [6.07, 6.45) is 7.04. The van der Waals surface area contributed by atoms with E-state index in [1.54, 1.807) is 0 Å². The van der Waals surface area contributed by atoms with Crippen molar-refractivity contribution in [2.75, 3.05) is 19.5 Å². The maximum absolute atomic E-state index is 11.7. The molecule has 0 spiro atoms. The molecule has 0 bridgehead atoms. The van der Waals surface area contributed by atoms with Crippen LogP contribution in [0.2, 0.25) is 0 Å². The molecule has 2 rings (SSSR count). The number of hydrogen-bond acceptors (Lipinski definition) is 5. The summed E-state index contributed by atoms with van der Waals surface area (Å²) in [5.41, 5.74) is 2.96. The Kier molecular flexibility index (Phi) is 5.22. The Balaban J connectivity index is 2.01. The summed E-state index contributed by atoms with van der Waals surface area (Å²) >= 11 is 0. The van der Waals surface area contributed by atoms with Crippen molar-refractivity contribution in [3.63, 3.8) is 0 Å². The van der Waals surface area contributed by atoms with E-state index in [9.17, 15) is 8.42 Å². The van der Waals surface area contributed by atoms with Crippen molar-refractivity contribution in [1.82, 2.24) is 5.43 Å². The van der Waals surface area contributed by atoms with Gasteiger partial charge < -0.3 is 4.74 Å². The molecule has 19 heavy (non-hydrogen) atoms. The van der Waals surface area contributed by atoms with Crippen LogP contribution in [-0.2, 0) is 14.6 Å². The van der Waals surface area contributed by atoms with Crippen LogP contribution in [0.15, 0.2) is 0 Å². The standard InChI is InChI=1S/C13H26N2O3S/c1-19(16,17)12-4-2-3-11(9-12)13(15-14)10-5-7-18-8-6-10/h10-13,15H,2-9,14H2,1H3. The first kappa shape index (κ1) is 15.2. The van der Waals surface area contributed by atoms with Crippen LogP contribution in [0.4, 0.5) is 0 Å². The average Bonchev–Trinajstić information content (AvgIpc) is 2.40. The minimum Gasteiger partial charge on any atom is -0.381 e. The van der Waals surface area contributed by atoms with Crippen molar-refractivity contribution >= 4 is 9.84 Å². The lowest BCUT2D eigenvalue weighted by Gasteiger charge is -2.39. The molecule has 0 radical (unpaired) electrons. The summed E-state index contributed by atoms with van der Waals surface area (Å²) in [5, 5.41) is -0.179. The zero-order valence-electron chi connectivity index (χ0n) is 11.7. The number of nitrogens with two attached hydrogens (primary N) is 1. The second-order valence-corrected chi connectivity index (χ2v) is 8.35. The molecule has 2 aliphatic rings. The second kappa shape index (κ2) is 6.52. The maximum atomic E-state index is 11.7. The van der Waals surface area contributed by atoms with Crippen molar-refractivity contribution in [2.24, 2.45) is 17.7 Å². The molecule has 3 N–H and O–H groups in total. The zero-order chi connectivity index (χ0) is 13.9. The second-order valence-electron chi connectivity index (χ2n) is 6.02. The normalized spacial score (nSPS) is 32.1. The molecule has 3 unspecified atom stereocenters. The lowest BCUT2D eigenvalue weighted by atomic mass is 9.76. The van der Waals surface area contributed by atoms with Gasteiger partial charge in [-0.2, -0.15) is 0 Å². The molecule has 1 aliphatic heterocycles. The van der Waals surface area contributed by atoms with Crippen LogP contribution in [0.3, 0.4) is 0 Å². The molecule has 3 atom stereocenters. The van der Waals surface area contributed by atoms with Crippen molar-refractivity contribution < 1.29 is 13.2 Å². The van der Waals surface area contributed by atoms with Gasteiger partial charge in [-0.15, -0.1) is 0 Å². The highest BCUT2D eigenvalue weighted by molar-refractivity contribution is 7.91. The highest BCUT2D eigenvalue weighted by Crippen LogP contribution is 2.35. The topological polar surface area (TPSA) is 81.4 Å². The Bertz CT molecular complexity index is 379. The molecule has 6 heteroatoms. The smallest absolute Gasteiger partial charge is 0.150 e. The third-order valence-corrected chi connectivity index (χ3v) is 6.39. The molecule has 1 heterocycles. The van der Waals surface area contributed by atoms with Crippen LogP contribution in [0, 0.1) is 11.8 Å². The van der Waals surface area contributed by atoms with Crippen LogP contribution in [0.25, 0.3) is 0 Å². The molecule has 0 aromatic carbocycles.